The van der Waals surface area contributed by atoms with Crippen molar-refractivity contribution in [3.63, 3.8) is 0 Å². The number of alkyl halides is 1. The summed E-state index contributed by atoms with van der Waals surface area (Å²) in [6, 6.07) is 0. The number of hydrogen-bond donors (Lipinski definition) is 0. The lowest BCUT2D eigenvalue weighted by Crippen LogP contribution is -2.27. The molecule has 0 atom stereocenters. The van der Waals surface area contributed by atoms with Crippen LogP contribution in [0.4, 0.5) is 5.82 Å². The van der Waals surface area contributed by atoms with E-state index in [9.17, 15) is 0 Å². The zero-order chi connectivity index (χ0) is 9.52. The Labute approximate surface area is 83.8 Å². The average molecular weight is 200 g/mol. The first-order valence-corrected chi connectivity index (χ1v) is 4.99. The summed E-state index contributed by atoms with van der Waals surface area (Å²) in [5, 5.41) is 0. The maximum atomic E-state index is 5.69. The van der Waals surface area contributed by atoms with E-state index in [4.69, 9.17) is 11.6 Å². The van der Waals surface area contributed by atoms with Gasteiger partial charge in [0.25, 0.3) is 0 Å². The predicted molar refractivity (Wildman–Crippen MR) is 55.3 cm³/mol. The molecule has 1 rings (SSSR count). The second kappa shape index (κ2) is 5.75. The zero-order valence-corrected chi connectivity index (χ0v) is 8.54. The molecule has 0 aliphatic rings. The lowest BCUT2D eigenvalue weighted by Gasteiger charge is -2.21. The lowest BCUT2D eigenvalue weighted by atomic mass is 10.4. The van der Waals surface area contributed by atoms with Crippen LogP contribution >= 0.6 is 11.6 Å². The van der Waals surface area contributed by atoms with E-state index in [2.05, 4.69) is 21.8 Å². The van der Waals surface area contributed by atoms with E-state index in [0.29, 0.717) is 5.88 Å². The summed E-state index contributed by atoms with van der Waals surface area (Å²) >= 11 is 5.69. The third kappa shape index (κ3) is 3.19. The Balaban J connectivity index is 2.64. The van der Waals surface area contributed by atoms with Crippen LogP contribution in [-0.2, 0) is 0 Å². The third-order valence-electron chi connectivity index (χ3n) is 1.72. The van der Waals surface area contributed by atoms with Gasteiger partial charge in [-0.25, -0.2) is 4.98 Å². The average Bonchev–Trinajstić information content (AvgIpc) is 2.19. The highest BCUT2D eigenvalue weighted by atomic mass is 35.5. The van der Waals surface area contributed by atoms with Gasteiger partial charge in [0.15, 0.2) is 0 Å². The van der Waals surface area contributed by atoms with Gasteiger partial charge in [0.05, 0.1) is 6.20 Å². The molecule has 72 valence electrons. The smallest absolute Gasteiger partial charge is 0.147 e. The van der Waals surface area contributed by atoms with E-state index in [1.165, 1.54) is 0 Å². The van der Waals surface area contributed by atoms with Crippen LogP contribution in [0.5, 0.6) is 0 Å². The predicted octanol–water partition coefficient (Wildman–Crippen LogP) is 1.93. The number of anilines is 1. The van der Waals surface area contributed by atoms with Crippen molar-refractivity contribution in [1.82, 2.24) is 9.97 Å². The molecule has 0 saturated heterocycles. The molecule has 0 N–H and O–H groups in total. The summed E-state index contributed by atoms with van der Waals surface area (Å²) in [7, 11) is 0. The van der Waals surface area contributed by atoms with Crippen LogP contribution in [-0.4, -0.2) is 28.9 Å². The Bertz CT molecular complexity index is 222. The van der Waals surface area contributed by atoms with Crippen molar-refractivity contribution in [1.29, 1.82) is 0 Å². The van der Waals surface area contributed by atoms with E-state index < -0.39 is 0 Å². The van der Waals surface area contributed by atoms with Crippen molar-refractivity contribution in [2.45, 2.75) is 13.3 Å². The number of hydrogen-bond acceptors (Lipinski definition) is 3. The fourth-order valence-corrected chi connectivity index (χ4v) is 1.37. The summed E-state index contributed by atoms with van der Waals surface area (Å²) < 4.78 is 0. The van der Waals surface area contributed by atoms with Crippen LogP contribution < -0.4 is 4.90 Å². The first kappa shape index (κ1) is 10.3. The van der Waals surface area contributed by atoms with Crippen LogP contribution in [0.15, 0.2) is 18.6 Å². The summed E-state index contributed by atoms with van der Waals surface area (Å²) in [6.45, 7) is 3.94. The fraction of sp³-hybridized carbons (Fsp3) is 0.556. The molecular weight excluding hydrogens is 186 g/mol. The molecule has 0 aromatic carbocycles. The summed E-state index contributed by atoms with van der Waals surface area (Å²) in [5.41, 5.74) is 0. The van der Waals surface area contributed by atoms with Gasteiger partial charge >= 0.3 is 0 Å². The maximum absolute atomic E-state index is 5.69. The van der Waals surface area contributed by atoms with E-state index in [-0.39, 0.29) is 0 Å². The van der Waals surface area contributed by atoms with Crippen molar-refractivity contribution in [3.05, 3.63) is 18.6 Å². The van der Waals surface area contributed by atoms with Crippen LogP contribution in [0.1, 0.15) is 13.3 Å². The fourth-order valence-electron chi connectivity index (χ4n) is 1.17. The quantitative estimate of drug-likeness (QED) is 0.679. The molecule has 1 aromatic rings. The van der Waals surface area contributed by atoms with Gasteiger partial charge in [-0.05, 0) is 6.42 Å². The van der Waals surface area contributed by atoms with Crippen molar-refractivity contribution >= 4 is 17.4 Å². The van der Waals surface area contributed by atoms with Crippen molar-refractivity contribution < 1.29 is 0 Å². The number of aromatic nitrogens is 2. The van der Waals surface area contributed by atoms with Crippen LogP contribution in [0.2, 0.25) is 0 Å². The summed E-state index contributed by atoms with van der Waals surface area (Å²) in [6.07, 6.45) is 6.23. The van der Waals surface area contributed by atoms with Gasteiger partial charge in [-0.1, -0.05) is 6.92 Å². The van der Waals surface area contributed by atoms with Gasteiger partial charge < -0.3 is 4.90 Å². The Morgan fingerprint density at radius 2 is 2.23 bits per heavy atom. The van der Waals surface area contributed by atoms with E-state index >= 15 is 0 Å². The second-order valence-electron chi connectivity index (χ2n) is 2.74. The first-order chi connectivity index (χ1) is 6.38. The summed E-state index contributed by atoms with van der Waals surface area (Å²) in [4.78, 5) is 10.4. The molecule has 1 aromatic heterocycles. The molecule has 0 bridgehead atoms. The highest BCUT2D eigenvalue weighted by Gasteiger charge is 2.04. The minimum Gasteiger partial charge on any atom is -0.354 e. The lowest BCUT2D eigenvalue weighted by molar-refractivity contribution is 0.778. The molecule has 0 amide bonds. The van der Waals surface area contributed by atoms with Gasteiger partial charge in [0.2, 0.25) is 0 Å². The molecule has 1 heterocycles. The van der Waals surface area contributed by atoms with Crippen molar-refractivity contribution in [2.24, 2.45) is 0 Å². The maximum Gasteiger partial charge on any atom is 0.147 e. The summed E-state index contributed by atoms with van der Waals surface area (Å²) in [5.74, 6) is 1.53. The molecule has 3 nitrogen and oxygen atoms in total. The van der Waals surface area contributed by atoms with Crippen LogP contribution in [0.25, 0.3) is 0 Å². The molecule has 13 heavy (non-hydrogen) atoms. The molecule has 0 fully saturated rings. The first-order valence-electron chi connectivity index (χ1n) is 4.45. The van der Waals surface area contributed by atoms with Gasteiger partial charge in [0.1, 0.15) is 5.82 Å². The Morgan fingerprint density at radius 1 is 1.38 bits per heavy atom. The molecule has 0 aliphatic carbocycles. The molecule has 0 saturated carbocycles. The van der Waals surface area contributed by atoms with E-state index in [1.54, 1.807) is 18.6 Å². The zero-order valence-electron chi connectivity index (χ0n) is 7.78. The van der Waals surface area contributed by atoms with Crippen LogP contribution in [0, 0.1) is 0 Å². The van der Waals surface area contributed by atoms with Crippen molar-refractivity contribution in [2.75, 3.05) is 23.9 Å². The highest BCUT2D eigenvalue weighted by molar-refractivity contribution is 6.18. The second-order valence-corrected chi connectivity index (χ2v) is 3.12. The normalized spacial score (nSPS) is 10.0. The van der Waals surface area contributed by atoms with E-state index in [1.807, 2.05) is 0 Å². The van der Waals surface area contributed by atoms with Gasteiger partial charge in [-0.15, -0.1) is 11.6 Å². The molecule has 0 aliphatic heterocycles. The molecule has 0 unspecified atom stereocenters. The largest absolute Gasteiger partial charge is 0.354 e. The SMILES string of the molecule is CCCN(CCCl)c1cnccn1. The van der Waals surface area contributed by atoms with Crippen LogP contribution in [0.3, 0.4) is 0 Å². The highest BCUT2D eigenvalue weighted by Crippen LogP contribution is 2.07. The number of nitrogens with zero attached hydrogens (tertiary/aromatic N) is 3. The Morgan fingerprint density at radius 3 is 2.77 bits per heavy atom. The molecule has 0 spiro atoms. The Kier molecular flexibility index (Phi) is 4.54. The number of rotatable bonds is 5. The Hall–Kier alpha value is -0.830. The molecular formula is C9H14ClN3. The molecule has 4 heteroatoms. The third-order valence-corrected chi connectivity index (χ3v) is 1.89. The molecule has 0 radical (unpaired) electrons. The number of halogens is 1. The van der Waals surface area contributed by atoms with Gasteiger partial charge in [-0.2, -0.15) is 0 Å². The standard InChI is InChI=1S/C9H14ClN3/c1-2-6-13(7-3-10)9-8-11-4-5-12-9/h4-5,8H,2-3,6-7H2,1H3. The topological polar surface area (TPSA) is 29.0 Å². The van der Waals surface area contributed by atoms with Gasteiger partial charge in [-0.3, -0.25) is 4.98 Å². The monoisotopic (exact) mass is 199 g/mol. The minimum absolute atomic E-state index is 0.622. The van der Waals surface area contributed by atoms with Gasteiger partial charge in [0, 0.05) is 31.4 Å². The minimum atomic E-state index is 0.622. The van der Waals surface area contributed by atoms with E-state index in [0.717, 1.165) is 25.3 Å². The van der Waals surface area contributed by atoms with Crippen molar-refractivity contribution in [3.8, 4) is 0 Å².